The van der Waals surface area contributed by atoms with Crippen LogP contribution in [0.25, 0.3) is 0 Å². The molecule has 0 saturated heterocycles. The summed E-state index contributed by atoms with van der Waals surface area (Å²) in [6.45, 7) is 4.95. The maximum absolute atomic E-state index is 11.8. The molecule has 1 aromatic heterocycles. The second kappa shape index (κ2) is 4.89. The van der Waals surface area contributed by atoms with Crippen LogP contribution in [0.3, 0.4) is 0 Å². The highest BCUT2D eigenvalue weighted by Crippen LogP contribution is 2.32. The van der Waals surface area contributed by atoms with Crippen molar-refractivity contribution in [1.29, 1.82) is 0 Å². The van der Waals surface area contributed by atoms with Crippen LogP contribution in [0.2, 0.25) is 0 Å². The van der Waals surface area contributed by atoms with Crippen LogP contribution in [0.4, 0.5) is 0 Å². The fourth-order valence-electron chi connectivity index (χ4n) is 2.55. The standard InChI is InChI=1S/C14H21N3OS/c1-10(8-16-13(18)14(15)4-5-14)17-6-2-12-11(9-17)3-7-19-12/h3,7,10H,2,4-6,8-9,15H2,1H3,(H,16,18). The van der Waals surface area contributed by atoms with E-state index in [9.17, 15) is 4.79 Å². The van der Waals surface area contributed by atoms with E-state index in [2.05, 4.69) is 28.6 Å². The first kappa shape index (κ1) is 13.1. The molecule has 3 rings (SSSR count). The van der Waals surface area contributed by atoms with Crippen molar-refractivity contribution in [2.24, 2.45) is 5.73 Å². The number of rotatable bonds is 4. The summed E-state index contributed by atoms with van der Waals surface area (Å²) in [4.78, 5) is 15.8. The Kier molecular flexibility index (Phi) is 3.37. The molecule has 104 valence electrons. The quantitative estimate of drug-likeness (QED) is 0.868. The molecule has 0 aromatic carbocycles. The Hall–Kier alpha value is -0.910. The maximum Gasteiger partial charge on any atom is 0.240 e. The van der Waals surface area contributed by atoms with Gasteiger partial charge < -0.3 is 11.1 Å². The van der Waals surface area contributed by atoms with Crippen LogP contribution in [-0.2, 0) is 17.8 Å². The van der Waals surface area contributed by atoms with E-state index in [1.807, 2.05) is 11.3 Å². The van der Waals surface area contributed by atoms with E-state index in [1.54, 1.807) is 0 Å². The van der Waals surface area contributed by atoms with Crippen molar-refractivity contribution in [3.8, 4) is 0 Å². The van der Waals surface area contributed by atoms with E-state index in [4.69, 9.17) is 5.73 Å². The van der Waals surface area contributed by atoms with Crippen molar-refractivity contribution in [1.82, 2.24) is 10.2 Å². The molecule has 1 aliphatic heterocycles. The minimum absolute atomic E-state index is 0.0209. The Morgan fingerprint density at radius 1 is 1.63 bits per heavy atom. The zero-order valence-corrected chi connectivity index (χ0v) is 12.1. The van der Waals surface area contributed by atoms with Gasteiger partial charge in [0, 0.05) is 30.6 Å². The number of fused-ring (bicyclic) bond motifs is 1. The Morgan fingerprint density at radius 2 is 2.42 bits per heavy atom. The van der Waals surface area contributed by atoms with Crippen molar-refractivity contribution in [3.05, 3.63) is 21.9 Å². The second-order valence-electron chi connectivity index (χ2n) is 5.80. The molecule has 1 aliphatic carbocycles. The third-order valence-corrected chi connectivity index (χ3v) is 5.28. The van der Waals surface area contributed by atoms with E-state index in [0.29, 0.717) is 12.6 Å². The second-order valence-corrected chi connectivity index (χ2v) is 6.81. The first-order valence-electron chi connectivity index (χ1n) is 6.95. The minimum atomic E-state index is -0.553. The number of amides is 1. The number of carbonyl (C=O) groups excluding carboxylic acids is 1. The fraction of sp³-hybridized carbons (Fsp3) is 0.643. The molecule has 1 unspecified atom stereocenters. The number of nitrogens with one attached hydrogen (secondary N) is 1. The van der Waals surface area contributed by atoms with E-state index in [-0.39, 0.29) is 5.91 Å². The lowest BCUT2D eigenvalue weighted by Gasteiger charge is -2.32. The Morgan fingerprint density at radius 3 is 3.16 bits per heavy atom. The van der Waals surface area contributed by atoms with Crippen molar-refractivity contribution in [2.45, 2.75) is 44.3 Å². The smallest absolute Gasteiger partial charge is 0.240 e. The summed E-state index contributed by atoms with van der Waals surface area (Å²) >= 11 is 1.86. The summed E-state index contributed by atoms with van der Waals surface area (Å²) in [6, 6.07) is 2.58. The molecule has 0 radical (unpaired) electrons. The van der Waals surface area contributed by atoms with Gasteiger partial charge in [-0.05, 0) is 43.2 Å². The lowest BCUT2D eigenvalue weighted by Crippen LogP contribution is -2.49. The molecule has 1 amide bonds. The van der Waals surface area contributed by atoms with Gasteiger partial charge in [-0.25, -0.2) is 0 Å². The van der Waals surface area contributed by atoms with Crippen LogP contribution < -0.4 is 11.1 Å². The van der Waals surface area contributed by atoms with E-state index < -0.39 is 5.54 Å². The minimum Gasteiger partial charge on any atom is -0.353 e. The molecule has 1 saturated carbocycles. The van der Waals surface area contributed by atoms with Gasteiger partial charge in [0.15, 0.2) is 0 Å². The number of nitrogens with two attached hydrogens (primary N) is 1. The number of carbonyl (C=O) groups is 1. The van der Waals surface area contributed by atoms with Crippen LogP contribution >= 0.6 is 11.3 Å². The van der Waals surface area contributed by atoms with Crippen LogP contribution in [0.1, 0.15) is 30.2 Å². The molecule has 1 fully saturated rings. The summed E-state index contributed by atoms with van der Waals surface area (Å²) in [5.74, 6) is 0.0209. The normalized spacial score (nSPS) is 22.6. The van der Waals surface area contributed by atoms with Crippen molar-refractivity contribution in [2.75, 3.05) is 13.1 Å². The number of hydrogen-bond donors (Lipinski definition) is 2. The van der Waals surface area contributed by atoms with Gasteiger partial charge in [0.2, 0.25) is 5.91 Å². The van der Waals surface area contributed by atoms with Crippen LogP contribution in [0, 0.1) is 0 Å². The molecular weight excluding hydrogens is 258 g/mol. The van der Waals surface area contributed by atoms with E-state index in [0.717, 1.165) is 32.4 Å². The van der Waals surface area contributed by atoms with Gasteiger partial charge in [0.25, 0.3) is 0 Å². The molecule has 2 heterocycles. The average molecular weight is 279 g/mol. The molecule has 5 heteroatoms. The average Bonchev–Trinajstić information content (AvgIpc) is 3.00. The van der Waals surface area contributed by atoms with Crippen LogP contribution in [0.15, 0.2) is 11.4 Å². The van der Waals surface area contributed by atoms with Gasteiger partial charge in [-0.3, -0.25) is 9.69 Å². The molecule has 1 atom stereocenters. The first-order chi connectivity index (χ1) is 9.08. The molecule has 3 N–H and O–H groups in total. The highest BCUT2D eigenvalue weighted by molar-refractivity contribution is 7.10. The molecule has 0 spiro atoms. The lowest BCUT2D eigenvalue weighted by molar-refractivity contribution is -0.123. The summed E-state index contributed by atoms with van der Waals surface area (Å²) in [5, 5.41) is 5.17. The Bertz CT molecular complexity index is 481. The third-order valence-electron chi connectivity index (χ3n) is 4.26. The third kappa shape index (κ3) is 2.68. The predicted molar refractivity (Wildman–Crippen MR) is 77.1 cm³/mol. The van der Waals surface area contributed by atoms with Crippen LogP contribution in [0.5, 0.6) is 0 Å². The lowest BCUT2D eigenvalue weighted by atomic mass is 10.1. The van der Waals surface area contributed by atoms with Gasteiger partial charge in [-0.15, -0.1) is 11.3 Å². The zero-order valence-electron chi connectivity index (χ0n) is 11.3. The maximum atomic E-state index is 11.8. The molecule has 0 bridgehead atoms. The Labute approximate surface area is 118 Å². The highest BCUT2D eigenvalue weighted by Gasteiger charge is 2.45. The molecule has 4 nitrogen and oxygen atoms in total. The molecule has 2 aliphatic rings. The predicted octanol–water partition coefficient (Wildman–Crippen LogP) is 1.10. The first-order valence-corrected chi connectivity index (χ1v) is 7.83. The van der Waals surface area contributed by atoms with Gasteiger partial charge in [-0.1, -0.05) is 0 Å². The summed E-state index contributed by atoms with van der Waals surface area (Å²) < 4.78 is 0. The van der Waals surface area contributed by atoms with Crippen molar-refractivity contribution in [3.63, 3.8) is 0 Å². The Balaban J connectivity index is 1.51. The molecular formula is C14H21N3OS. The van der Waals surface area contributed by atoms with Crippen molar-refractivity contribution < 1.29 is 4.79 Å². The molecule has 1 aromatic rings. The number of thiophene rings is 1. The SMILES string of the molecule is CC(CNC(=O)C1(N)CC1)N1CCc2sccc2C1. The van der Waals surface area contributed by atoms with Gasteiger partial charge >= 0.3 is 0 Å². The summed E-state index contributed by atoms with van der Waals surface area (Å²) in [7, 11) is 0. The monoisotopic (exact) mass is 279 g/mol. The summed E-state index contributed by atoms with van der Waals surface area (Å²) in [6.07, 6.45) is 2.79. The largest absolute Gasteiger partial charge is 0.353 e. The zero-order chi connectivity index (χ0) is 13.5. The van der Waals surface area contributed by atoms with Crippen LogP contribution in [-0.4, -0.2) is 35.5 Å². The fourth-order valence-corrected chi connectivity index (χ4v) is 3.44. The van der Waals surface area contributed by atoms with E-state index in [1.165, 1.54) is 10.4 Å². The van der Waals surface area contributed by atoms with Gasteiger partial charge in [0.1, 0.15) is 0 Å². The molecule has 19 heavy (non-hydrogen) atoms. The topological polar surface area (TPSA) is 58.4 Å². The summed E-state index contributed by atoms with van der Waals surface area (Å²) in [5.41, 5.74) is 6.78. The highest BCUT2D eigenvalue weighted by atomic mass is 32.1. The van der Waals surface area contributed by atoms with Gasteiger partial charge in [-0.2, -0.15) is 0 Å². The van der Waals surface area contributed by atoms with Gasteiger partial charge in [0.05, 0.1) is 5.54 Å². The van der Waals surface area contributed by atoms with E-state index >= 15 is 0 Å². The van der Waals surface area contributed by atoms with Crippen molar-refractivity contribution >= 4 is 17.2 Å². The number of nitrogens with zero attached hydrogens (tertiary/aromatic N) is 1. The number of hydrogen-bond acceptors (Lipinski definition) is 4.